The van der Waals surface area contributed by atoms with Crippen LogP contribution in [-0.2, 0) is 6.54 Å². The molecule has 33 heavy (non-hydrogen) atoms. The molecule has 166 valence electrons. The molecule has 0 bridgehead atoms. The number of nitriles is 1. The van der Waals surface area contributed by atoms with E-state index in [-0.39, 0.29) is 25.5 Å². The van der Waals surface area contributed by atoms with Gasteiger partial charge in [0.15, 0.2) is 11.5 Å². The number of aliphatic hydroxyl groups is 1. The molecule has 0 unspecified atom stereocenters. The third-order valence-electron chi connectivity index (χ3n) is 7.12. The summed E-state index contributed by atoms with van der Waals surface area (Å²) in [6, 6.07) is 22.8. The molecule has 0 amide bonds. The summed E-state index contributed by atoms with van der Waals surface area (Å²) in [6.07, 6.45) is 1.03. The Labute approximate surface area is 193 Å². The maximum atomic E-state index is 10.1. The average Bonchev–Trinajstić information content (AvgIpc) is 3.50. The van der Waals surface area contributed by atoms with Crippen LogP contribution in [0, 0.1) is 17.2 Å². The smallest absolute Gasteiger partial charge is 0.231 e. The first kappa shape index (κ1) is 20.1. The van der Waals surface area contributed by atoms with Crippen LogP contribution in [0.2, 0.25) is 0 Å². The average molecular weight is 440 g/mol. The summed E-state index contributed by atoms with van der Waals surface area (Å²) >= 11 is 0. The summed E-state index contributed by atoms with van der Waals surface area (Å²) in [7, 11) is 0. The standard InChI is InChI=1S/C27H25N3O3/c28-13-17-2-1-3-19(10-17)20-5-6-23-22(12-20)27-21(24(15-31)29-23)8-9-30(27)14-18-4-7-25-26(11-18)33-16-32-25/h1-7,10-12,21,24,27,29,31H,8-9,14-16H2/t21-,24+,27-/m1/s1. The Hall–Kier alpha value is -3.53. The minimum atomic E-state index is 0.0389. The van der Waals surface area contributed by atoms with Crippen LogP contribution in [-0.4, -0.2) is 36.0 Å². The normalized spacial score (nSPS) is 22.8. The van der Waals surface area contributed by atoms with Gasteiger partial charge in [-0.2, -0.15) is 5.26 Å². The van der Waals surface area contributed by atoms with Crippen molar-refractivity contribution in [3.63, 3.8) is 0 Å². The maximum Gasteiger partial charge on any atom is 0.231 e. The number of anilines is 1. The largest absolute Gasteiger partial charge is 0.454 e. The number of likely N-dealkylation sites (tertiary alicyclic amines) is 1. The number of ether oxygens (including phenoxy) is 2. The van der Waals surface area contributed by atoms with Gasteiger partial charge in [0, 0.05) is 24.2 Å². The molecule has 3 aromatic carbocycles. The van der Waals surface area contributed by atoms with E-state index in [1.807, 2.05) is 30.3 Å². The molecule has 3 aliphatic heterocycles. The van der Waals surface area contributed by atoms with Gasteiger partial charge in [-0.25, -0.2) is 0 Å². The molecule has 2 N–H and O–H groups in total. The molecular formula is C27H25N3O3. The zero-order valence-corrected chi connectivity index (χ0v) is 18.2. The van der Waals surface area contributed by atoms with E-state index in [2.05, 4.69) is 46.6 Å². The summed E-state index contributed by atoms with van der Waals surface area (Å²) in [4.78, 5) is 2.51. The number of benzene rings is 3. The summed E-state index contributed by atoms with van der Waals surface area (Å²) in [5.41, 5.74) is 6.32. The van der Waals surface area contributed by atoms with E-state index in [0.29, 0.717) is 11.5 Å². The summed E-state index contributed by atoms with van der Waals surface area (Å²) < 4.78 is 11.0. The third-order valence-corrected chi connectivity index (χ3v) is 7.12. The van der Waals surface area contributed by atoms with E-state index < -0.39 is 0 Å². The van der Waals surface area contributed by atoms with Crippen molar-refractivity contribution in [3.8, 4) is 28.7 Å². The first-order chi connectivity index (χ1) is 16.2. The lowest BCUT2D eigenvalue weighted by molar-refractivity contribution is 0.171. The highest BCUT2D eigenvalue weighted by Gasteiger charge is 2.43. The lowest BCUT2D eigenvalue weighted by atomic mass is 9.82. The second-order valence-electron chi connectivity index (χ2n) is 8.98. The number of aliphatic hydroxyl groups excluding tert-OH is 1. The quantitative estimate of drug-likeness (QED) is 0.631. The van der Waals surface area contributed by atoms with Crippen molar-refractivity contribution in [2.45, 2.75) is 25.0 Å². The second-order valence-corrected chi connectivity index (χ2v) is 8.98. The number of nitrogens with one attached hydrogen (secondary N) is 1. The molecule has 0 saturated carbocycles. The Morgan fingerprint density at radius 1 is 1.03 bits per heavy atom. The Bertz CT molecular complexity index is 1250. The van der Waals surface area contributed by atoms with Gasteiger partial charge < -0.3 is 19.9 Å². The van der Waals surface area contributed by atoms with Crippen LogP contribution in [0.1, 0.15) is 29.2 Å². The number of hydrogen-bond acceptors (Lipinski definition) is 6. The van der Waals surface area contributed by atoms with Gasteiger partial charge in [0.2, 0.25) is 6.79 Å². The first-order valence-corrected chi connectivity index (χ1v) is 11.4. The molecule has 6 rings (SSSR count). The number of nitrogens with zero attached hydrogens (tertiary/aromatic N) is 2. The van der Waals surface area contributed by atoms with Crippen molar-refractivity contribution in [2.75, 3.05) is 25.3 Å². The lowest BCUT2D eigenvalue weighted by Gasteiger charge is -2.39. The Morgan fingerprint density at radius 3 is 2.79 bits per heavy atom. The van der Waals surface area contributed by atoms with E-state index in [9.17, 15) is 10.4 Å². The van der Waals surface area contributed by atoms with Gasteiger partial charge in [-0.05, 0) is 71.6 Å². The zero-order chi connectivity index (χ0) is 22.4. The first-order valence-electron chi connectivity index (χ1n) is 11.4. The molecule has 0 radical (unpaired) electrons. The van der Waals surface area contributed by atoms with Gasteiger partial charge in [0.1, 0.15) is 0 Å². The Balaban J connectivity index is 1.36. The molecule has 1 fully saturated rings. The fraction of sp³-hybridized carbons (Fsp3) is 0.296. The van der Waals surface area contributed by atoms with E-state index in [1.165, 1.54) is 11.1 Å². The molecule has 6 nitrogen and oxygen atoms in total. The predicted molar refractivity (Wildman–Crippen MR) is 125 cm³/mol. The molecule has 3 heterocycles. The Kier molecular flexibility index (Phi) is 4.94. The van der Waals surface area contributed by atoms with Crippen LogP contribution >= 0.6 is 0 Å². The van der Waals surface area contributed by atoms with Gasteiger partial charge in [-0.1, -0.05) is 24.3 Å². The van der Waals surface area contributed by atoms with Crippen LogP contribution in [0.4, 0.5) is 5.69 Å². The highest BCUT2D eigenvalue weighted by Crippen LogP contribution is 2.48. The van der Waals surface area contributed by atoms with E-state index in [0.717, 1.165) is 47.8 Å². The van der Waals surface area contributed by atoms with Gasteiger partial charge in [-0.3, -0.25) is 4.90 Å². The maximum absolute atomic E-state index is 10.1. The fourth-order valence-corrected chi connectivity index (χ4v) is 5.56. The summed E-state index contributed by atoms with van der Waals surface area (Å²) in [6.45, 7) is 2.17. The Morgan fingerprint density at radius 2 is 1.91 bits per heavy atom. The minimum Gasteiger partial charge on any atom is -0.454 e. The molecule has 3 aliphatic rings. The molecule has 0 aliphatic carbocycles. The van der Waals surface area contributed by atoms with Gasteiger partial charge in [0.25, 0.3) is 0 Å². The van der Waals surface area contributed by atoms with Crippen molar-refractivity contribution in [1.82, 2.24) is 4.90 Å². The highest BCUT2D eigenvalue weighted by molar-refractivity contribution is 5.71. The molecule has 0 spiro atoms. The van der Waals surface area contributed by atoms with Crippen LogP contribution in [0.3, 0.4) is 0 Å². The van der Waals surface area contributed by atoms with Crippen LogP contribution in [0.25, 0.3) is 11.1 Å². The third kappa shape index (κ3) is 3.50. The van der Waals surface area contributed by atoms with Gasteiger partial charge >= 0.3 is 0 Å². The van der Waals surface area contributed by atoms with E-state index in [1.54, 1.807) is 0 Å². The van der Waals surface area contributed by atoms with Crippen molar-refractivity contribution in [3.05, 3.63) is 77.4 Å². The monoisotopic (exact) mass is 439 g/mol. The number of fused-ring (bicyclic) bond motifs is 4. The highest BCUT2D eigenvalue weighted by atomic mass is 16.7. The van der Waals surface area contributed by atoms with Crippen LogP contribution in [0.15, 0.2) is 60.7 Å². The summed E-state index contributed by atoms with van der Waals surface area (Å²) in [5, 5.41) is 23.0. The topological polar surface area (TPSA) is 77.8 Å². The van der Waals surface area contributed by atoms with Crippen LogP contribution < -0.4 is 14.8 Å². The van der Waals surface area contributed by atoms with Crippen molar-refractivity contribution in [2.24, 2.45) is 5.92 Å². The molecule has 6 heteroatoms. The SMILES string of the molecule is N#Cc1cccc(-c2ccc3c(c2)[C@H]2[C@H](CCN2Cc2ccc4c(c2)OCO4)[C@H](CO)N3)c1. The van der Waals surface area contributed by atoms with Crippen molar-refractivity contribution >= 4 is 5.69 Å². The molecular weight excluding hydrogens is 414 g/mol. The predicted octanol–water partition coefficient (Wildman–Crippen LogP) is 4.30. The number of hydrogen-bond donors (Lipinski definition) is 2. The lowest BCUT2D eigenvalue weighted by Crippen LogP contribution is -2.41. The molecule has 3 aromatic rings. The van der Waals surface area contributed by atoms with Crippen molar-refractivity contribution in [1.29, 1.82) is 5.26 Å². The second kappa shape index (κ2) is 8.11. The molecule has 1 saturated heterocycles. The van der Waals surface area contributed by atoms with Crippen molar-refractivity contribution < 1.29 is 14.6 Å². The minimum absolute atomic E-state index is 0.0389. The van der Waals surface area contributed by atoms with Crippen LogP contribution in [0.5, 0.6) is 11.5 Å². The fourth-order valence-electron chi connectivity index (χ4n) is 5.56. The molecule has 0 aromatic heterocycles. The number of rotatable bonds is 4. The van der Waals surface area contributed by atoms with Gasteiger partial charge in [-0.15, -0.1) is 0 Å². The van der Waals surface area contributed by atoms with E-state index >= 15 is 0 Å². The van der Waals surface area contributed by atoms with E-state index in [4.69, 9.17) is 9.47 Å². The summed E-state index contributed by atoms with van der Waals surface area (Å²) in [5.74, 6) is 1.94. The molecule has 3 atom stereocenters. The zero-order valence-electron chi connectivity index (χ0n) is 18.2. The van der Waals surface area contributed by atoms with Gasteiger partial charge in [0.05, 0.1) is 24.3 Å².